The first-order valence-electron chi connectivity index (χ1n) is 5.95. The van der Waals surface area contributed by atoms with E-state index in [9.17, 15) is 4.79 Å². The van der Waals surface area contributed by atoms with E-state index < -0.39 is 0 Å². The highest BCUT2D eigenvalue weighted by Gasteiger charge is 2.28. The van der Waals surface area contributed by atoms with E-state index in [0.717, 1.165) is 18.5 Å². The number of ether oxygens (including phenoxy) is 2. The fourth-order valence-electron chi connectivity index (χ4n) is 2.09. The highest BCUT2D eigenvalue weighted by molar-refractivity contribution is 5.91. The first kappa shape index (κ1) is 12.1. The Balaban J connectivity index is 2.24. The molecule has 1 saturated heterocycles. The lowest BCUT2D eigenvalue weighted by atomic mass is 9.93. The van der Waals surface area contributed by atoms with Crippen molar-refractivity contribution >= 4 is 5.97 Å². The monoisotopic (exact) mass is 239 g/mol. The Hall–Kier alpha value is -1.36. The molecular formula is C12H17NO4. The third-order valence-corrected chi connectivity index (χ3v) is 2.98. The van der Waals surface area contributed by atoms with Gasteiger partial charge in [-0.2, -0.15) is 0 Å². The van der Waals surface area contributed by atoms with Crippen molar-refractivity contribution in [1.82, 2.24) is 5.16 Å². The topological polar surface area (TPSA) is 61.6 Å². The van der Waals surface area contributed by atoms with Crippen molar-refractivity contribution in [1.29, 1.82) is 0 Å². The smallest absolute Gasteiger partial charge is 0.343 e. The van der Waals surface area contributed by atoms with Crippen LogP contribution in [-0.4, -0.2) is 30.9 Å². The molecule has 0 unspecified atom stereocenters. The molecule has 0 bridgehead atoms. The molecule has 2 rings (SSSR count). The summed E-state index contributed by atoms with van der Waals surface area (Å²) in [6.45, 7) is 5.30. The quantitative estimate of drug-likeness (QED) is 0.755. The summed E-state index contributed by atoms with van der Waals surface area (Å²) in [5.74, 6) is 0.429. The summed E-state index contributed by atoms with van der Waals surface area (Å²) < 4.78 is 15.5. The summed E-state index contributed by atoms with van der Waals surface area (Å²) in [4.78, 5) is 11.8. The molecule has 0 radical (unpaired) electrons. The summed E-state index contributed by atoms with van der Waals surface area (Å²) in [5, 5.41) is 4.01. The van der Waals surface area contributed by atoms with E-state index in [1.807, 2.05) is 0 Å². The van der Waals surface area contributed by atoms with E-state index >= 15 is 0 Å². The van der Waals surface area contributed by atoms with Crippen molar-refractivity contribution in [2.75, 3.05) is 19.8 Å². The van der Waals surface area contributed by atoms with Crippen LogP contribution in [-0.2, 0) is 9.47 Å². The van der Waals surface area contributed by atoms with Gasteiger partial charge in [-0.05, 0) is 26.7 Å². The molecule has 2 heterocycles. The van der Waals surface area contributed by atoms with Gasteiger partial charge in [0, 0.05) is 19.1 Å². The Morgan fingerprint density at radius 3 is 2.82 bits per heavy atom. The van der Waals surface area contributed by atoms with Gasteiger partial charge in [0.15, 0.2) is 0 Å². The van der Waals surface area contributed by atoms with Gasteiger partial charge in [-0.15, -0.1) is 0 Å². The molecular weight excluding hydrogens is 222 g/mol. The van der Waals surface area contributed by atoms with E-state index in [1.165, 1.54) is 0 Å². The Morgan fingerprint density at radius 2 is 2.18 bits per heavy atom. The van der Waals surface area contributed by atoms with Gasteiger partial charge in [0.2, 0.25) is 0 Å². The molecule has 1 aromatic rings. The van der Waals surface area contributed by atoms with Crippen molar-refractivity contribution in [3.8, 4) is 0 Å². The molecule has 5 heteroatoms. The van der Waals surface area contributed by atoms with Crippen LogP contribution in [0.15, 0.2) is 4.52 Å². The molecule has 94 valence electrons. The highest BCUT2D eigenvalue weighted by Crippen LogP contribution is 2.30. The third kappa shape index (κ3) is 2.49. The van der Waals surface area contributed by atoms with Crippen LogP contribution in [0.1, 0.15) is 47.5 Å². The Bertz CT molecular complexity index is 393. The van der Waals surface area contributed by atoms with Gasteiger partial charge >= 0.3 is 5.97 Å². The maximum Gasteiger partial charge on any atom is 0.343 e. The number of esters is 1. The minimum absolute atomic E-state index is 0.237. The number of carbonyl (C=O) groups is 1. The summed E-state index contributed by atoms with van der Waals surface area (Å²) in [7, 11) is 0. The Labute approximate surface area is 100 Å². The lowest BCUT2D eigenvalue weighted by Gasteiger charge is -2.20. The average molecular weight is 239 g/mol. The zero-order valence-corrected chi connectivity index (χ0v) is 10.2. The molecule has 0 saturated carbocycles. The minimum atomic E-state index is -0.340. The number of hydrogen-bond acceptors (Lipinski definition) is 5. The van der Waals surface area contributed by atoms with E-state index in [2.05, 4.69) is 5.16 Å². The van der Waals surface area contributed by atoms with Gasteiger partial charge in [0.25, 0.3) is 0 Å². The zero-order chi connectivity index (χ0) is 12.3. The van der Waals surface area contributed by atoms with Gasteiger partial charge in [-0.3, -0.25) is 0 Å². The van der Waals surface area contributed by atoms with Crippen molar-refractivity contribution in [3.63, 3.8) is 0 Å². The fourth-order valence-corrected chi connectivity index (χ4v) is 2.09. The van der Waals surface area contributed by atoms with Gasteiger partial charge < -0.3 is 14.0 Å². The van der Waals surface area contributed by atoms with Gasteiger partial charge in [0.1, 0.15) is 17.0 Å². The number of carbonyl (C=O) groups excluding carboxylic acids is 1. The standard InChI is InChI=1S/C12H17NO4/c1-3-16-12(14)10-8(2)17-13-11(10)9-4-6-15-7-5-9/h9H,3-7H2,1-2H3. The van der Waals surface area contributed by atoms with Crippen LogP contribution >= 0.6 is 0 Å². The lowest BCUT2D eigenvalue weighted by Crippen LogP contribution is -2.17. The van der Waals surface area contributed by atoms with Crippen LogP contribution in [0.5, 0.6) is 0 Å². The Kier molecular flexibility index (Phi) is 3.78. The molecule has 1 aliphatic rings. The second-order valence-corrected chi connectivity index (χ2v) is 4.11. The Morgan fingerprint density at radius 1 is 1.47 bits per heavy atom. The number of rotatable bonds is 3. The third-order valence-electron chi connectivity index (χ3n) is 2.98. The van der Waals surface area contributed by atoms with E-state index in [0.29, 0.717) is 31.1 Å². The number of nitrogens with zero attached hydrogens (tertiary/aromatic N) is 1. The number of aryl methyl sites for hydroxylation is 1. The average Bonchev–Trinajstić information content (AvgIpc) is 2.73. The summed E-state index contributed by atoms with van der Waals surface area (Å²) in [5.41, 5.74) is 1.23. The van der Waals surface area contributed by atoms with Gasteiger partial charge in [-0.1, -0.05) is 5.16 Å². The maximum absolute atomic E-state index is 11.8. The first-order chi connectivity index (χ1) is 8.24. The summed E-state index contributed by atoms with van der Waals surface area (Å²) >= 11 is 0. The van der Waals surface area contributed by atoms with Gasteiger partial charge in [0.05, 0.1) is 6.61 Å². The van der Waals surface area contributed by atoms with Crippen molar-refractivity contribution < 1.29 is 18.8 Å². The zero-order valence-electron chi connectivity index (χ0n) is 10.2. The molecule has 17 heavy (non-hydrogen) atoms. The van der Waals surface area contributed by atoms with Crippen molar-refractivity contribution in [2.24, 2.45) is 0 Å². The predicted molar refractivity (Wildman–Crippen MR) is 60.0 cm³/mol. The van der Waals surface area contributed by atoms with Crippen molar-refractivity contribution in [3.05, 3.63) is 17.0 Å². The van der Waals surface area contributed by atoms with Gasteiger partial charge in [-0.25, -0.2) is 4.79 Å². The molecule has 0 aromatic carbocycles. The van der Waals surface area contributed by atoms with E-state index in [4.69, 9.17) is 14.0 Å². The second-order valence-electron chi connectivity index (χ2n) is 4.11. The molecule has 1 aromatic heterocycles. The van der Waals surface area contributed by atoms with Crippen LogP contribution < -0.4 is 0 Å². The number of aromatic nitrogens is 1. The molecule has 0 aliphatic carbocycles. The lowest BCUT2D eigenvalue weighted by molar-refractivity contribution is 0.0518. The molecule has 5 nitrogen and oxygen atoms in total. The maximum atomic E-state index is 11.8. The molecule has 0 N–H and O–H groups in total. The van der Waals surface area contributed by atoms with Crippen LogP contribution in [0.3, 0.4) is 0 Å². The predicted octanol–water partition coefficient (Wildman–Crippen LogP) is 2.05. The van der Waals surface area contributed by atoms with Crippen LogP contribution in [0.2, 0.25) is 0 Å². The summed E-state index contributed by atoms with van der Waals surface area (Å²) in [6.07, 6.45) is 1.75. The van der Waals surface area contributed by atoms with E-state index in [-0.39, 0.29) is 11.9 Å². The molecule has 1 aliphatic heterocycles. The highest BCUT2D eigenvalue weighted by atomic mass is 16.5. The fraction of sp³-hybridized carbons (Fsp3) is 0.667. The van der Waals surface area contributed by atoms with Crippen LogP contribution in [0.4, 0.5) is 0 Å². The summed E-state index contributed by atoms with van der Waals surface area (Å²) in [6, 6.07) is 0. The normalized spacial score (nSPS) is 17.1. The van der Waals surface area contributed by atoms with Crippen LogP contribution in [0.25, 0.3) is 0 Å². The van der Waals surface area contributed by atoms with Crippen LogP contribution in [0, 0.1) is 6.92 Å². The molecule has 0 spiro atoms. The molecule has 0 amide bonds. The SMILES string of the molecule is CCOC(=O)c1c(C2CCOCC2)noc1C. The molecule has 1 fully saturated rings. The van der Waals surface area contributed by atoms with E-state index in [1.54, 1.807) is 13.8 Å². The first-order valence-corrected chi connectivity index (χ1v) is 5.95. The number of hydrogen-bond donors (Lipinski definition) is 0. The minimum Gasteiger partial charge on any atom is -0.462 e. The van der Waals surface area contributed by atoms with Crippen molar-refractivity contribution in [2.45, 2.75) is 32.6 Å². The second kappa shape index (κ2) is 5.31. The largest absolute Gasteiger partial charge is 0.462 e. The molecule has 0 atom stereocenters.